The Morgan fingerprint density at radius 3 is 2.35 bits per heavy atom. The molecule has 1 aliphatic rings. The summed E-state index contributed by atoms with van der Waals surface area (Å²) in [6.45, 7) is 1.55. The van der Waals surface area contributed by atoms with Crippen LogP contribution in [0.25, 0.3) is 0 Å². The summed E-state index contributed by atoms with van der Waals surface area (Å²) in [5.41, 5.74) is -0.550. The largest absolute Gasteiger partial charge is 0.493 e. The number of ether oxygens (including phenoxy) is 2. The lowest BCUT2D eigenvalue weighted by Gasteiger charge is -2.27. The fourth-order valence-electron chi connectivity index (χ4n) is 3.70. The van der Waals surface area contributed by atoms with Crippen LogP contribution >= 0.6 is 0 Å². The van der Waals surface area contributed by atoms with E-state index in [2.05, 4.69) is 5.32 Å². The molecule has 0 bridgehead atoms. The summed E-state index contributed by atoms with van der Waals surface area (Å²) in [6.07, 6.45) is 1.82. The second-order valence-corrected chi connectivity index (χ2v) is 7.33. The number of rotatable bonds is 9. The first-order valence-electron chi connectivity index (χ1n) is 10.0. The van der Waals surface area contributed by atoms with Gasteiger partial charge in [-0.15, -0.1) is 0 Å². The van der Waals surface area contributed by atoms with Crippen LogP contribution in [0.1, 0.15) is 42.1 Å². The molecular formula is C23H25FN2O5. The third-order valence-electron chi connectivity index (χ3n) is 5.43. The van der Waals surface area contributed by atoms with E-state index < -0.39 is 35.6 Å². The van der Waals surface area contributed by atoms with Crippen molar-refractivity contribution in [1.82, 2.24) is 10.2 Å². The zero-order valence-corrected chi connectivity index (χ0v) is 17.7. The van der Waals surface area contributed by atoms with Crippen LogP contribution in [-0.4, -0.2) is 43.4 Å². The molecule has 1 fully saturated rings. The Morgan fingerprint density at radius 2 is 1.74 bits per heavy atom. The van der Waals surface area contributed by atoms with Gasteiger partial charge < -0.3 is 14.8 Å². The first kappa shape index (κ1) is 22.3. The van der Waals surface area contributed by atoms with E-state index in [-0.39, 0.29) is 5.56 Å². The van der Waals surface area contributed by atoms with Gasteiger partial charge in [-0.25, -0.2) is 9.18 Å². The molecule has 164 valence electrons. The molecule has 0 aromatic heterocycles. The smallest absolute Gasteiger partial charge is 0.325 e. The van der Waals surface area contributed by atoms with E-state index in [0.29, 0.717) is 29.9 Å². The van der Waals surface area contributed by atoms with Crippen LogP contribution in [-0.2, 0) is 10.3 Å². The fourth-order valence-corrected chi connectivity index (χ4v) is 3.70. The average molecular weight is 428 g/mol. The van der Waals surface area contributed by atoms with Gasteiger partial charge >= 0.3 is 6.03 Å². The highest BCUT2D eigenvalue weighted by molar-refractivity contribution is 6.11. The highest BCUT2D eigenvalue weighted by Crippen LogP contribution is 2.35. The summed E-state index contributed by atoms with van der Waals surface area (Å²) in [6, 6.07) is 9.46. The van der Waals surface area contributed by atoms with Crippen LogP contribution in [0.4, 0.5) is 9.18 Å². The summed E-state index contributed by atoms with van der Waals surface area (Å²) in [4.78, 5) is 39.8. The summed E-state index contributed by atoms with van der Waals surface area (Å²) in [7, 11) is 2.94. The Balaban J connectivity index is 1.88. The number of carbonyl (C=O) groups excluding carboxylic acids is 3. The summed E-state index contributed by atoms with van der Waals surface area (Å²) in [5, 5.41) is 2.75. The van der Waals surface area contributed by atoms with Crippen LogP contribution in [0.3, 0.4) is 0 Å². The normalized spacial score (nSPS) is 18.1. The molecule has 2 aromatic carbocycles. The van der Waals surface area contributed by atoms with E-state index in [0.717, 1.165) is 11.3 Å². The standard InChI is InChI=1S/C23H25FN2O5/c1-4-5-12-23(16-7-9-17(24)10-8-16)21(28)26(22(29)25-23)14-18(27)15-6-11-19(30-2)20(13-15)31-3/h6-11,13H,4-5,12,14H2,1-3H3,(H,25,29)/t23-/m1/s1. The number of methoxy groups -OCH3 is 2. The number of Topliss-reactive ketones (excluding diaryl/α,β-unsaturated/α-hetero) is 1. The minimum absolute atomic E-state index is 0.283. The number of hydrogen-bond donors (Lipinski definition) is 1. The van der Waals surface area contributed by atoms with Crippen molar-refractivity contribution in [3.63, 3.8) is 0 Å². The van der Waals surface area contributed by atoms with Gasteiger partial charge in [-0.1, -0.05) is 31.9 Å². The van der Waals surface area contributed by atoms with Crippen molar-refractivity contribution in [2.24, 2.45) is 0 Å². The molecule has 1 saturated heterocycles. The van der Waals surface area contributed by atoms with Gasteiger partial charge in [-0.05, 0) is 42.3 Å². The Labute approximate surface area is 180 Å². The van der Waals surface area contributed by atoms with E-state index in [1.165, 1.54) is 44.6 Å². The lowest BCUT2D eigenvalue weighted by Crippen LogP contribution is -2.44. The number of hydrogen-bond acceptors (Lipinski definition) is 5. The Morgan fingerprint density at radius 1 is 1.06 bits per heavy atom. The molecule has 0 radical (unpaired) electrons. The third-order valence-corrected chi connectivity index (χ3v) is 5.43. The highest BCUT2D eigenvalue weighted by Gasteiger charge is 2.52. The van der Waals surface area contributed by atoms with Crippen molar-refractivity contribution in [2.75, 3.05) is 20.8 Å². The molecule has 0 saturated carbocycles. The zero-order valence-electron chi connectivity index (χ0n) is 17.7. The lowest BCUT2D eigenvalue weighted by atomic mass is 9.84. The van der Waals surface area contributed by atoms with Crippen LogP contribution in [0.15, 0.2) is 42.5 Å². The van der Waals surface area contributed by atoms with Crippen molar-refractivity contribution in [3.05, 3.63) is 59.4 Å². The number of halogens is 1. The predicted molar refractivity (Wildman–Crippen MR) is 112 cm³/mol. The molecule has 1 aliphatic heterocycles. The number of benzene rings is 2. The van der Waals surface area contributed by atoms with Crippen molar-refractivity contribution in [2.45, 2.75) is 31.7 Å². The number of ketones is 1. The van der Waals surface area contributed by atoms with Crippen LogP contribution < -0.4 is 14.8 Å². The van der Waals surface area contributed by atoms with Gasteiger partial charge in [-0.3, -0.25) is 14.5 Å². The molecule has 1 heterocycles. The van der Waals surface area contributed by atoms with Crippen molar-refractivity contribution in [3.8, 4) is 11.5 Å². The van der Waals surface area contributed by atoms with E-state index in [4.69, 9.17) is 9.47 Å². The van der Waals surface area contributed by atoms with Crippen molar-refractivity contribution >= 4 is 17.7 Å². The van der Waals surface area contributed by atoms with E-state index in [1.54, 1.807) is 12.1 Å². The number of urea groups is 1. The second-order valence-electron chi connectivity index (χ2n) is 7.33. The van der Waals surface area contributed by atoms with Crippen molar-refractivity contribution < 1.29 is 28.2 Å². The molecule has 0 unspecified atom stereocenters. The molecular weight excluding hydrogens is 403 g/mol. The minimum atomic E-state index is -1.32. The number of nitrogens with zero attached hydrogens (tertiary/aromatic N) is 1. The van der Waals surface area contributed by atoms with Crippen LogP contribution in [0, 0.1) is 5.82 Å². The fraction of sp³-hybridized carbons (Fsp3) is 0.348. The molecule has 0 spiro atoms. The molecule has 3 rings (SSSR count). The van der Waals surface area contributed by atoms with Gasteiger partial charge in [0.05, 0.1) is 20.8 Å². The van der Waals surface area contributed by atoms with Gasteiger partial charge in [0.15, 0.2) is 17.3 Å². The second kappa shape index (κ2) is 9.16. The quantitative estimate of drug-likeness (QED) is 0.487. The topological polar surface area (TPSA) is 84.9 Å². The van der Waals surface area contributed by atoms with E-state index in [1.807, 2.05) is 6.92 Å². The molecule has 2 aromatic rings. The monoisotopic (exact) mass is 428 g/mol. The molecule has 1 atom stereocenters. The van der Waals surface area contributed by atoms with Gasteiger partial charge in [0.2, 0.25) is 0 Å². The first-order chi connectivity index (χ1) is 14.9. The average Bonchev–Trinajstić information content (AvgIpc) is 3.02. The zero-order chi connectivity index (χ0) is 22.6. The maximum absolute atomic E-state index is 13.4. The minimum Gasteiger partial charge on any atom is -0.493 e. The predicted octanol–water partition coefficient (Wildman–Crippen LogP) is 3.66. The number of unbranched alkanes of at least 4 members (excludes halogenated alkanes) is 1. The first-order valence-corrected chi connectivity index (χ1v) is 10.0. The number of imide groups is 1. The summed E-state index contributed by atoms with van der Waals surface area (Å²) in [5.74, 6) is -0.550. The SMILES string of the molecule is CCCC[C@]1(c2ccc(F)cc2)NC(=O)N(CC(=O)c2ccc(OC)c(OC)c2)C1=O. The third kappa shape index (κ3) is 4.23. The Kier molecular flexibility index (Phi) is 6.58. The number of nitrogens with one attached hydrogen (secondary N) is 1. The molecule has 1 N–H and O–H groups in total. The number of carbonyl (C=O) groups is 3. The van der Waals surface area contributed by atoms with Gasteiger partial charge in [0.1, 0.15) is 11.4 Å². The van der Waals surface area contributed by atoms with Crippen molar-refractivity contribution in [1.29, 1.82) is 0 Å². The van der Waals surface area contributed by atoms with E-state index >= 15 is 0 Å². The Hall–Kier alpha value is -3.42. The van der Waals surface area contributed by atoms with Gasteiger partial charge in [-0.2, -0.15) is 0 Å². The van der Waals surface area contributed by atoms with Gasteiger partial charge in [0.25, 0.3) is 5.91 Å². The molecule has 0 aliphatic carbocycles. The molecule has 7 nitrogen and oxygen atoms in total. The summed E-state index contributed by atoms with van der Waals surface area (Å²) >= 11 is 0. The lowest BCUT2D eigenvalue weighted by molar-refractivity contribution is -0.131. The van der Waals surface area contributed by atoms with Gasteiger partial charge in [0, 0.05) is 5.56 Å². The molecule has 3 amide bonds. The van der Waals surface area contributed by atoms with Crippen LogP contribution in [0.5, 0.6) is 11.5 Å². The molecule has 31 heavy (non-hydrogen) atoms. The highest BCUT2D eigenvalue weighted by atomic mass is 19.1. The number of amides is 3. The maximum atomic E-state index is 13.4. The summed E-state index contributed by atoms with van der Waals surface area (Å²) < 4.78 is 23.8. The molecule has 8 heteroatoms. The maximum Gasteiger partial charge on any atom is 0.325 e. The van der Waals surface area contributed by atoms with E-state index in [9.17, 15) is 18.8 Å². The Bertz CT molecular complexity index is 992. The van der Waals surface area contributed by atoms with Crippen LogP contribution in [0.2, 0.25) is 0 Å².